The molecule has 0 spiro atoms. The first-order chi connectivity index (χ1) is 19.2. The predicted octanol–water partition coefficient (Wildman–Crippen LogP) is 3.77. The molecule has 3 aromatic rings. The fourth-order valence-corrected chi connectivity index (χ4v) is 5.96. The van der Waals surface area contributed by atoms with Crippen molar-refractivity contribution in [3.63, 3.8) is 0 Å². The second kappa shape index (κ2) is 9.98. The van der Waals surface area contributed by atoms with Gasteiger partial charge in [-0.3, -0.25) is 14.5 Å². The Morgan fingerprint density at radius 2 is 2.08 bits per heavy atom. The van der Waals surface area contributed by atoms with Crippen LogP contribution in [-0.4, -0.2) is 76.0 Å². The summed E-state index contributed by atoms with van der Waals surface area (Å²) in [4.78, 5) is 33.1. The van der Waals surface area contributed by atoms with Crippen molar-refractivity contribution in [1.82, 2.24) is 19.4 Å². The number of rotatable bonds is 6. The number of hydrogen-bond acceptors (Lipinski definition) is 6. The Balaban J connectivity index is 1.36. The second-order valence-electron chi connectivity index (χ2n) is 11.1. The van der Waals surface area contributed by atoms with Gasteiger partial charge in [0.15, 0.2) is 6.29 Å². The fourth-order valence-electron chi connectivity index (χ4n) is 5.96. The van der Waals surface area contributed by atoms with Crippen molar-refractivity contribution in [2.45, 2.75) is 50.0 Å². The molecule has 1 saturated heterocycles. The number of carbonyl (C=O) groups is 2. The molecule has 10 heteroatoms. The first-order valence-electron chi connectivity index (χ1n) is 13.4. The maximum atomic E-state index is 13.3. The van der Waals surface area contributed by atoms with Crippen LogP contribution in [0.1, 0.15) is 65.1 Å². The van der Waals surface area contributed by atoms with E-state index in [0.717, 1.165) is 28.8 Å². The highest BCUT2D eigenvalue weighted by Gasteiger charge is 2.51. The summed E-state index contributed by atoms with van der Waals surface area (Å²) in [7, 11) is 3.88. The summed E-state index contributed by atoms with van der Waals surface area (Å²) in [5.41, 5.74) is 1.83. The number of likely N-dealkylation sites (tertiary alicyclic amines) is 1. The summed E-state index contributed by atoms with van der Waals surface area (Å²) in [6.45, 7) is -1.94. The lowest BCUT2D eigenvalue weighted by Crippen LogP contribution is -2.39. The summed E-state index contributed by atoms with van der Waals surface area (Å²) in [5.74, 6) is 7.10. The highest BCUT2D eigenvalue weighted by molar-refractivity contribution is 5.88. The van der Waals surface area contributed by atoms with Gasteiger partial charge in [-0.25, -0.2) is 4.98 Å². The Bertz CT molecular complexity index is 1550. The van der Waals surface area contributed by atoms with Crippen molar-refractivity contribution in [1.29, 1.82) is 0 Å². The molecule has 1 aliphatic carbocycles. The third-order valence-electron chi connectivity index (χ3n) is 8.19. The Hall–Kier alpha value is -3.81. The molecule has 3 aliphatic rings. The number of aldehydes is 1. The van der Waals surface area contributed by atoms with Gasteiger partial charge in [0.1, 0.15) is 17.2 Å². The van der Waals surface area contributed by atoms with Crippen LogP contribution < -0.4 is 4.74 Å². The minimum absolute atomic E-state index is 0.0116. The number of fused-ring (bicyclic) bond motifs is 3. The van der Waals surface area contributed by atoms with Crippen LogP contribution in [0.25, 0.3) is 11.0 Å². The summed E-state index contributed by atoms with van der Waals surface area (Å²) in [6.07, 6.45) is 3.00. The van der Waals surface area contributed by atoms with E-state index in [9.17, 15) is 23.5 Å². The van der Waals surface area contributed by atoms with Gasteiger partial charge in [0, 0.05) is 35.7 Å². The predicted molar refractivity (Wildman–Crippen MR) is 143 cm³/mol. The van der Waals surface area contributed by atoms with Crippen LogP contribution in [0.3, 0.4) is 0 Å². The standard InChI is InChI=1S/C30H30F2N4O4/c1-34(2)24-15-23(26-20(17-37)4-3-5-25(26)40-29(31)32)36-22-14-18(8-9-21(22)33-27(24)36)6-7-19-10-13-35(16-19)28(38)30(39)11-12-30/h3-5,8-9,14,17,19,23-24,29,39H,10-13,15-16H2,1-2H3/t19?,23-,24?/m1/s1. The fraction of sp³-hybridized carbons (Fsp3) is 0.433. The van der Waals surface area contributed by atoms with E-state index in [0.29, 0.717) is 49.8 Å². The lowest BCUT2D eigenvalue weighted by Gasteiger charge is -2.22. The van der Waals surface area contributed by atoms with Gasteiger partial charge in [-0.05, 0) is 64.0 Å². The maximum Gasteiger partial charge on any atom is 0.387 e. The molecule has 2 aromatic carbocycles. The van der Waals surface area contributed by atoms with Crippen molar-refractivity contribution < 1.29 is 28.2 Å². The lowest BCUT2D eigenvalue weighted by atomic mass is 9.96. The molecule has 0 radical (unpaired) electrons. The van der Waals surface area contributed by atoms with Crippen LogP contribution in [0, 0.1) is 17.8 Å². The van der Waals surface area contributed by atoms with E-state index in [1.807, 2.05) is 41.8 Å². The molecule has 2 unspecified atom stereocenters. The minimum atomic E-state index is -3.03. The number of halogens is 2. The highest BCUT2D eigenvalue weighted by Crippen LogP contribution is 2.46. The number of carbonyl (C=O) groups excluding carboxylic acids is 2. The molecular weight excluding hydrogens is 518 g/mol. The molecule has 2 fully saturated rings. The molecular formula is C30H30F2N4O4. The van der Waals surface area contributed by atoms with Gasteiger partial charge in [-0.15, -0.1) is 0 Å². The summed E-state index contributed by atoms with van der Waals surface area (Å²) < 4.78 is 33.5. The van der Waals surface area contributed by atoms with E-state index in [1.54, 1.807) is 11.0 Å². The third-order valence-corrected chi connectivity index (χ3v) is 8.19. The van der Waals surface area contributed by atoms with Gasteiger partial charge in [-0.2, -0.15) is 8.78 Å². The number of benzene rings is 2. The van der Waals surface area contributed by atoms with E-state index in [4.69, 9.17) is 9.72 Å². The summed E-state index contributed by atoms with van der Waals surface area (Å²) >= 11 is 0. The van der Waals surface area contributed by atoms with E-state index in [1.165, 1.54) is 12.1 Å². The number of amides is 1. The third kappa shape index (κ3) is 4.63. The summed E-state index contributed by atoms with van der Waals surface area (Å²) in [6, 6.07) is 9.78. The molecule has 40 heavy (non-hydrogen) atoms. The lowest BCUT2D eigenvalue weighted by molar-refractivity contribution is -0.141. The normalized spacial score (nSPS) is 22.9. The number of alkyl halides is 2. The van der Waals surface area contributed by atoms with Crippen molar-refractivity contribution in [2.75, 3.05) is 27.2 Å². The van der Waals surface area contributed by atoms with Gasteiger partial charge in [-0.1, -0.05) is 24.0 Å². The molecule has 0 bridgehead atoms. The molecule has 6 rings (SSSR count). The van der Waals surface area contributed by atoms with E-state index in [-0.39, 0.29) is 23.6 Å². The first-order valence-corrected chi connectivity index (χ1v) is 13.4. The maximum absolute atomic E-state index is 13.3. The number of nitrogens with zero attached hydrogens (tertiary/aromatic N) is 4. The SMILES string of the molecule is CN(C)C1C[C@H](c2c(C=O)cccc2OC(F)F)n2c1nc1ccc(C#CC3CCN(C(=O)C4(O)CC4)C3)cc12. The minimum Gasteiger partial charge on any atom is -0.434 e. The average Bonchev–Trinajstić information content (AvgIpc) is 3.26. The highest BCUT2D eigenvalue weighted by atomic mass is 19.3. The quantitative estimate of drug-likeness (QED) is 0.373. The average molecular weight is 549 g/mol. The van der Waals surface area contributed by atoms with Gasteiger partial charge >= 0.3 is 6.61 Å². The van der Waals surface area contributed by atoms with Crippen molar-refractivity contribution >= 4 is 23.2 Å². The molecule has 3 heterocycles. The molecule has 8 nitrogen and oxygen atoms in total. The van der Waals surface area contributed by atoms with Gasteiger partial charge in [0.2, 0.25) is 0 Å². The van der Waals surface area contributed by atoms with Crippen molar-refractivity contribution in [2.24, 2.45) is 5.92 Å². The van der Waals surface area contributed by atoms with Crippen LogP contribution >= 0.6 is 0 Å². The Labute approximate surface area is 230 Å². The monoisotopic (exact) mass is 548 g/mol. The van der Waals surface area contributed by atoms with Crippen molar-refractivity contribution in [3.8, 4) is 17.6 Å². The Morgan fingerprint density at radius 3 is 2.77 bits per heavy atom. The van der Waals surface area contributed by atoms with Crippen LogP contribution in [0.15, 0.2) is 36.4 Å². The topological polar surface area (TPSA) is 87.9 Å². The number of imidazole rings is 1. The molecule has 2 aliphatic heterocycles. The Morgan fingerprint density at radius 1 is 1.27 bits per heavy atom. The molecule has 208 valence electrons. The Kier molecular flexibility index (Phi) is 6.59. The van der Waals surface area contributed by atoms with E-state index >= 15 is 0 Å². The van der Waals surface area contributed by atoms with Gasteiger partial charge in [0.25, 0.3) is 5.91 Å². The van der Waals surface area contributed by atoms with Crippen LogP contribution in [0.2, 0.25) is 0 Å². The first kappa shape index (κ1) is 26.4. The molecule has 3 atom stereocenters. The molecule has 1 amide bonds. The summed E-state index contributed by atoms with van der Waals surface area (Å²) in [5, 5.41) is 10.2. The van der Waals surface area contributed by atoms with Gasteiger partial charge < -0.3 is 19.3 Å². The molecule has 1 N–H and O–H groups in total. The largest absolute Gasteiger partial charge is 0.434 e. The molecule has 1 saturated carbocycles. The zero-order chi connectivity index (χ0) is 28.2. The zero-order valence-electron chi connectivity index (χ0n) is 22.3. The van der Waals surface area contributed by atoms with E-state index < -0.39 is 18.3 Å². The second-order valence-corrected chi connectivity index (χ2v) is 11.1. The molecule has 1 aromatic heterocycles. The zero-order valence-corrected chi connectivity index (χ0v) is 22.3. The number of ether oxygens (including phenoxy) is 1. The van der Waals surface area contributed by atoms with Crippen molar-refractivity contribution in [3.05, 3.63) is 58.9 Å². The number of aliphatic hydroxyl groups is 1. The number of hydrogen-bond donors (Lipinski definition) is 1. The van der Waals surface area contributed by atoms with Crippen LogP contribution in [0.5, 0.6) is 5.75 Å². The number of aromatic nitrogens is 2. The smallest absolute Gasteiger partial charge is 0.387 e. The van der Waals surface area contributed by atoms with Crippen LogP contribution in [0.4, 0.5) is 8.78 Å². The van der Waals surface area contributed by atoms with Gasteiger partial charge in [0.05, 0.1) is 23.1 Å². The van der Waals surface area contributed by atoms with E-state index in [2.05, 4.69) is 11.8 Å². The van der Waals surface area contributed by atoms with Crippen LogP contribution in [-0.2, 0) is 4.79 Å².